The second-order valence-electron chi connectivity index (χ2n) is 5.83. The second kappa shape index (κ2) is 8.96. The molecule has 1 aromatic heterocycles. The highest BCUT2D eigenvalue weighted by Crippen LogP contribution is 2.19. The maximum Gasteiger partial charge on any atom is 0.253 e. The van der Waals surface area contributed by atoms with Gasteiger partial charge in [0, 0.05) is 6.20 Å². The van der Waals surface area contributed by atoms with Crippen molar-refractivity contribution in [2.24, 2.45) is 0 Å². The number of pyridine rings is 1. The molecule has 6 heteroatoms. The zero-order chi connectivity index (χ0) is 19.1. The molecule has 0 bridgehead atoms. The van der Waals surface area contributed by atoms with E-state index in [1.165, 1.54) is 0 Å². The summed E-state index contributed by atoms with van der Waals surface area (Å²) in [6.07, 6.45) is 1.68. The molecular formula is C21H18ClN3O2. The number of hydrogen-bond acceptors (Lipinski definition) is 3. The lowest BCUT2D eigenvalue weighted by molar-refractivity contribution is -0.120. The first-order chi connectivity index (χ1) is 13.1. The molecule has 1 atom stereocenters. The summed E-state index contributed by atoms with van der Waals surface area (Å²) < 4.78 is 0. The molecule has 2 N–H and O–H groups in total. The van der Waals surface area contributed by atoms with Gasteiger partial charge in [-0.2, -0.15) is 0 Å². The Labute approximate surface area is 162 Å². The zero-order valence-corrected chi connectivity index (χ0v) is 15.2. The third kappa shape index (κ3) is 4.92. The van der Waals surface area contributed by atoms with Gasteiger partial charge in [-0.3, -0.25) is 14.6 Å². The van der Waals surface area contributed by atoms with Gasteiger partial charge in [0.2, 0.25) is 5.91 Å². The molecule has 0 aliphatic heterocycles. The molecule has 27 heavy (non-hydrogen) atoms. The molecule has 0 saturated carbocycles. The SMILES string of the molecule is O=C(CNC(=O)c1ccccc1Cl)NC(c1ccccc1)c1ccccn1. The van der Waals surface area contributed by atoms with Gasteiger partial charge < -0.3 is 10.6 Å². The fraction of sp³-hybridized carbons (Fsp3) is 0.0952. The van der Waals surface area contributed by atoms with Crippen molar-refractivity contribution in [3.63, 3.8) is 0 Å². The summed E-state index contributed by atoms with van der Waals surface area (Å²) in [5.41, 5.74) is 1.95. The van der Waals surface area contributed by atoms with Gasteiger partial charge in [0.25, 0.3) is 5.91 Å². The van der Waals surface area contributed by atoms with Crippen LogP contribution in [0.5, 0.6) is 0 Å². The minimum atomic E-state index is -0.405. The summed E-state index contributed by atoms with van der Waals surface area (Å²) in [6, 6.07) is 21.4. The van der Waals surface area contributed by atoms with Gasteiger partial charge in [-0.25, -0.2) is 0 Å². The minimum Gasteiger partial charge on any atom is -0.343 e. The molecule has 1 heterocycles. The highest BCUT2D eigenvalue weighted by molar-refractivity contribution is 6.33. The van der Waals surface area contributed by atoms with Crippen molar-refractivity contribution >= 4 is 23.4 Å². The van der Waals surface area contributed by atoms with Crippen LogP contribution >= 0.6 is 11.6 Å². The normalized spacial score (nSPS) is 11.4. The number of carbonyl (C=O) groups excluding carboxylic acids is 2. The highest BCUT2D eigenvalue weighted by atomic mass is 35.5. The largest absolute Gasteiger partial charge is 0.343 e. The van der Waals surface area contributed by atoms with Gasteiger partial charge in [0.05, 0.1) is 28.9 Å². The van der Waals surface area contributed by atoms with Crippen molar-refractivity contribution in [2.45, 2.75) is 6.04 Å². The standard InChI is InChI=1S/C21H18ClN3O2/c22-17-11-5-4-10-16(17)21(27)24-14-19(26)25-20(15-8-2-1-3-9-15)18-12-6-7-13-23-18/h1-13,20H,14H2,(H,24,27)(H,25,26). The molecule has 3 aromatic rings. The topological polar surface area (TPSA) is 71.1 Å². The molecule has 2 aromatic carbocycles. The van der Waals surface area contributed by atoms with Crippen molar-refractivity contribution < 1.29 is 9.59 Å². The van der Waals surface area contributed by atoms with Gasteiger partial charge in [0.1, 0.15) is 0 Å². The van der Waals surface area contributed by atoms with Crippen molar-refractivity contribution in [1.29, 1.82) is 0 Å². The van der Waals surface area contributed by atoms with Crippen LogP contribution in [0.15, 0.2) is 79.0 Å². The first kappa shape index (κ1) is 18.6. The lowest BCUT2D eigenvalue weighted by Gasteiger charge is -2.19. The summed E-state index contributed by atoms with van der Waals surface area (Å²) in [7, 11) is 0. The molecule has 136 valence electrons. The number of nitrogens with one attached hydrogen (secondary N) is 2. The van der Waals surface area contributed by atoms with E-state index in [1.807, 2.05) is 48.5 Å². The Morgan fingerprint density at radius 3 is 2.33 bits per heavy atom. The van der Waals surface area contributed by atoms with E-state index in [0.717, 1.165) is 11.3 Å². The van der Waals surface area contributed by atoms with Crippen LogP contribution in [0.1, 0.15) is 27.7 Å². The molecule has 5 nitrogen and oxygen atoms in total. The fourth-order valence-electron chi connectivity index (χ4n) is 2.63. The Bertz CT molecular complexity index is 877. The summed E-state index contributed by atoms with van der Waals surface area (Å²) in [6.45, 7) is -0.166. The van der Waals surface area contributed by atoms with Crippen LogP contribution in [0.4, 0.5) is 0 Å². The molecule has 3 rings (SSSR count). The van der Waals surface area contributed by atoms with Crippen LogP contribution in [-0.2, 0) is 4.79 Å². The van der Waals surface area contributed by atoms with Gasteiger partial charge in [0.15, 0.2) is 0 Å². The maximum atomic E-state index is 12.4. The fourth-order valence-corrected chi connectivity index (χ4v) is 2.85. The lowest BCUT2D eigenvalue weighted by atomic mass is 10.0. The number of aromatic nitrogens is 1. The number of carbonyl (C=O) groups is 2. The van der Waals surface area contributed by atoms with E-state index in [4.69, 9.17) is 11.6 Å². The number of benzene rings is 2. The van der Waals surface area contributed by atoms with Crippen LogP contribution in [0.2, 0.25) is 5.02 Å². The summed E-state index contributed by atoms with van der Waals surface area (Å²) in [5.74, 6) is -0.722. The third-order valence-electron chi connectivity index (χ3n) is 3.95. The minimum absolute atomic E-state index is 0.166. The highest BCUT2D eigenvalue weighted by Gasteiger charge is 2.18. The van der Waals surface area contributed by atoms with Crippen molar-refractivity contribution in [2.75, 3.05) is 6.54 Å². The summed E-state index contributed by atoms with van der Waals surface area (Å²) in [4.78, 5) is 29.0. The van der Waals surface area contributed by atoms with Crippen LogP contribution in [0, 0.1) is 0 Å². The molecule has 0 aliphatic carbocycles. The van der Waals surface area contributed by atoms with Crippen molar-refractivity contribution in [1.82, 2.24) is 15.6 Å². The number of amides is 2. The quantitative estimate of drug-likeness (QED) is 0.689. The van der Waals surface area contributed by atoms with Gasteiger partial charge in [-0.05, 0) is 29.8 Å². The van der Waals surface area contributed by atoms with Gasteiger partial charge >= 0.3 is 0 Å². The van der Waals surface area contributed by atoms with Crippen LogP contribution < -0.4 is 10.6 Å². The molecule has 0 aliphatic rings. The molecule has 0 spiro atoms. The van der Waals surface area contributed by atoms with Crippen molar-refractivity contribution in [3.8, 4) is 0 Å². The average Bonchev–Trinajstić information content (AvgIpc) is 2.72. The monoisotopic (exact) mass is 379 g/mol. The Morgan fingerprint density at radius 1 is 0.926 bits per heavy atom. The number of halogens is 1. The Morgan fingerprint density at radius 2 is 1.63 bits per heavy atom. The van der Waals surface area contributed by atoms with Gasteiger partial charge in [-0.1, -0.05) is 60.1 Å². The molecular weight excluding hydrogens is 362 g/mol. The molecule has 0 fully saturated rings. The molecule has 1 unspecified atom stereocenters. The summed E-state index contributed by atoms with van der Waals surface area (Å²) in [5, 5.41) is 5.85. The van der Waals surface area contributed by atoms with E-state index in [-0.39, 0.29) is 12.5 Å². The Hall–Kier alpha value is -3.18. The van der Waals surface area contributed by atoms with Crippen molar-refractivity contribution in [3.05, 3.63) is 101 Å². The maximum absolute atomic E-state index is 12.4. The molecule has 0 saturated heterocycles. The Balaban J connectivity index is 1.68. The van der Waals surface area contributed by atoms with E-state index in [1.54, 1.807) is 30.5 Å². The van der Waals surface area contributed by atoms with Crippen LogP contribution in [0.3, 0.4) is 0 Å². The molecule has 2 amide bonds. The third-order valence-corrected chi connectivity index (χ3v) is 4.28. The first-order valence-corrected chi connectivity index (χ1v) is 8.81. The van der Waals surface area contributed by atoms with E-state index < -0.39 is 11.9 Å². The van der Waals surface area contributed by atoms with Crippen LogP contribution in [0.25, 0.3) is 0 Å². The van der Waals surface area contributed by atoms with E-state index in [2.05, 4.69) is 15.6 Å². The zero-order valence-electron chi connectivity index (χ0n) is 14.4. The predicted molar refractivity (Wildman–Crippen MR) is 104 cm³/mol. The Kier molecular flexibility index (Phi) is 6.18. The number of nitrogens with zero attached hydrogens (tertiary/aromatic N) is 1. The van der Waals surface area contributed by atoms with E-state index in [9.17, 15) is 9.59 Å². The van der Waals surface area contributed by atoms with E-state index >= 15 is 0 Å². The predicted octanol–water partition coefficient (Wildman–Crippen LogP) is 3.37. The van der Waals surface area contributed by atoms with E-state index in [0.29, 0.717) is 10.6 Å². The lowest BCUT2D eigenvalue weighted by Crippen LogP contribution is -2.39. The molecule has 0 radical (unpaired) electrons. The van der Waals surface area contributed by atoms with Crippen LogP contribution in [-0.4, -0.2) is 23.3 Å². The smallest absolute Gasteiger partial charge is 0.253 e. The first-order valence-electron chi connectivity index (χ1n) is 8.43. The summed E-state index contributed by atoms with van der Waals surface area (Å²) >= 11 is 6.01. The second-order valence-corrected chi connectivity index (χ2v) is 6.24. The average molecular weight is 380 g/mol. The number of rotatable bonds is 6. The number of hydrogen-bond donors (Lipinski definition) is 2. The van der Waals surface area contributed by atoms with Gasteiger partial charge in [-0.15, -0.1) is 0 Å².